The Morgan fingerprint density at radius 2 is 2.05 bits per heavy atom. The van der Waals surface area contributed by atoms with Gasteiger partial charge in [0, 0.05) is 17.8 Å². The maximum Gasteiger partial charge on any atom is 0.282 e. The van der Waals surface area contributed by atoms with Gasteiger partial charge < -0.3 is 5.32 Å². The molecule has 0 aliphatic heterocycles. The maximum atomic E-state index is 10.8. The molecule has 110 valence electrons. The van der Waals surface area contributed by atoms with Gasteiger partial charge in [0.2, 0.25) is 0 Å². The lowest BCUT2D eigenvalue weighted by Crippen LogP contribution is -2.26. The molecule has 20 heavy (non-hydrogen) atoms. The maximum absolute atomic E-state index is 10.8. The van der Waals surface area contributed by atoms with Crippen molar-refractivity contribution in [2.24, 2.45) is 5.92 Å². The Kier molecular flexibility index (Phi) is 5.63. The minimum atomic E-state index is -0.332. The van der Waals surface area contributed by atoms with Crippen LogP contribution in [0.2, 0.25) is 0 Å². The van der Waals surface area contributed by atoms with E-state index in [1.807, 2.05) is 34.7 Å². The van der Waals surface area contributed by atoms with E-state index in [9.17, 15) is 10.1 Å². The number of nitro groups is 1. The van der Waals surface area contributed by atoms with Crippen molar-refractivity contribution in [1.29, 1.82) is 0 Å². The molecule has 0 bridgehead atoms. The Labute approximate surface area is 133 Å². The zero-order chi connectivity index (χ0) is 14.5. The van der Waals surface area contributed by atoms with Crippen LogP contribution in [0.3, 0.4) is 0 Å². The summed E-state index contributed by atoms with van der Waals surface area (Å²) in [7, 11) is 0. The summed E-state index contributed by atoms with van der Waals surface area (Å²) < 4.78 is 0.692. The van der Waals surface area contributed by atoms with Gasteiger partial charge in [-0.3, -0.25) is 10.1 Å². The molecule has 1 saturated carbocycles. The fourth-order valence-electron chi connectivity index (χ4n) is 2.98. The van der Waals surface area contributed by atoms with Crippen LogP contribution in [0.25, 0.3) is 0 Å². The number of hydrogen-bond donors (Lipinski definition) is 1. The Bertz CT molecular complexity index is 471. The second-order valence-electron chi connectivity index (χ2n) is 5.57. The third-order valence-electron chi connectivity index (χ3n) is 4.06. The molecular weight excluding hydrogens is 367 g/mol. The highest BCUT2D eigenvalue weighted by Gasteiger charge is 2.21. The van der Waals surface area contributed by atoms with E-state index < -0.39 is 0 Å². The number of benzene rings is 1. The van der Waals surface area contributed by atoms with Crippen LogP contribution in [-0.2, 0) is 0 Å². The lowest BCUT2D eigenvalue weighted by Gasteiger charge is -2.29. The Hall–Kier alpha value is -0.850. The van der Waals surface area contributed by atoms with Crippen LogP contribution in [0.5, 0.6) is 0 Å². The molecule has 0 atom stereocenters. The molecule has 0 spiro atoms. The summed E-state index contributed by atoms with van der Waals surface area (Å²) >= 11 is 2.03. The highest BCUT2D eigenvalue weighted by molar-refractivity contribution is 14.1. The average Bonchev–Trinajstić information content (AvgIpc) is 2.41. The van der Waals surface area contributed by atoms with Gasteiger partial charge in [-0.1, -0.05) is 19.8 Å². The van der Waals surface area contributed by atoms with Crippen LogP contribution >= 0.6 is 22.6 Å². The monoisotopic (exact) mass is 388 g/mol. The van der Waals surface area contributed by atoms with Crippen molar-refractivity contribution in [2.75, 3.05) is 5.32 Å². The molecular formula is C15H21IN2O2. The van der Waals surface area contributed by atoms with E-state index in [2.05, 4.69) is 12.2 Å². The van der Waals surface area contributed by atoms with Crippen molar-refractivity contribution >= 4 is 34.0 Å². The third-order valence-corrected chi connectivity index (χ3v) is 4.92. The lowest BCUT2D eigenvalue weighted by atomic mass is 9.83. The highest BCUT2D eigenvalue weighted by atomic mass is 127. The van der Waals surface area contributed by atoms with Gasteiger partial charge in [0.05, 0.1) is 8.49 Å². The number of nitrogens with zero attached hydrogens (tertiary/aromatic N) is 1. The zero-order valence-electron chi connectivity index (χ0n) is 11.8. The van der Waals surface area contributed by atoms with Crippen LogP contribution in [-0.4, -0.2) is 11.0 Å². The first-order valence-corrected chi connectivity index (χ1v) is 8.38. The van der Waals surface area contributed by atoms with E-state index in [1.54, 1.807) is 6.07 Å². The SMILES string of the molecule is CCCC1CCC(Nc2ccc([N+](=O)[O-])c(I)c2)CC1. The molecule has 2 rings (SSSR count). The molecule has 4 nitrogen and oxygen atoms in total. The van der Waals surface area contributed by atoms with E-state index in [1.165, 1.54) is 38.5 Å². The fourth-order valence-corrected chi connectivity index (χ4v) is 3.70. The van der Waals surface area contributed by atoms with Crippen molar-refractivity contribution in [2.45, 2.75) is 51.5 Å². The first-order valence-electron chi connectivity index (χ1n) is 7.30. The third kappa shape index (κ3) is 4.07. The quantitative estimate of drug-likeness (QED) is 0.440. The van der Waals surface area contributed by atoms with Crippen LogP contribution in [0.4, 0.5) is 11.4 Å². The summed E-state index contributed by atoms with van der Waals surface area (Å²) in [5.74, 6) is 0.898. The van der Waals surface area contributed by atoms with E-state index in [0.717, 1.165) is 11.6 Å². The van der Waals surface area contributed by atoms with Gasteiger partial charge >= 0.3 is 0 Å². The molecule has 1 N–H and O–H groups in total. The summed E-state index contributed by atoms with van der Waals surface area (Å²) in [4.78, 5) is 10.5. The van der Waals surface area contributed by atoms with E-state index in [-0.39, 0.29) is 10.6 Å². The van der Waals surface area contributed by atoms with Gasteiger partial charge in [-0.2, -0.15) is 0 Å². The smallest absolute Gasteiger partial charge is 0.282 e. The van der Waals surface area contributed by atoms with Crippen molar-refractivity contribution in [3.05, 3.63) is 31.9 Å². The van der Waals surface area contributed by atoms with E-state index in [0.29, 0.717) is 9.61 Å². The molecule has 1 aliphatic rings. The summed E-state index contributed by atoms with van der Waals surface area (Å²) in [6.07, 6.45) is 7.65. The fraction of sp³-hybridized carbons (Fsp3) is 0.600. The molecule has 0 saturated heterocycles. The van der Waals surface area contributed by atoms with E-state index in [4.69, 9.17) is 0 Å². The van der Waals surface area contributed by atoms with Crippen LogP contribution in [0, 0.1) is 19.6 Å². The van der Waals surface area contributed by atoms with Gasteiger partial charge in [0.1, 0.15) is 0 Å². The zero-order valence-corrected chi connectivity index (χ0v) is 13.9. The molecule has 0 heterocycles. The predicted molar refractivity (Wildman–Crippen MR) is 90.1 cm³/mol. The topological polar surface area (TPSA) is 55.2 Å². The Morgan fingerprint density at radius 3 is 2.60 bits per heavy atom. The largest absolute Gasteiger partial charge is 0.382 e. The molecule has 1 fully saturated rings. The summed E-state index contributed by atoms with van der Waals surface area (Å²) in [5.41, 5.74) is 1.18. The molecule has 0 radical (unpaired) electrons. The summed E-state index contributed by atoms with van der Waals surface area (Å²) in [5, 5.41) is 14.3. The van der Waals surface area contributed by atoms with Crippen LogP contribution in [0.1, 0.15) is 45.4 Å². The molecule has 1 aromatic carbocycles. The number of halogens is 1. The van der Waals surface area contributed by atoms with Crippen LogP contribution in [0.15, 0.2) is 18.2 Å². The van der Waals surface area contributed by atoms with E-state index >= 15 is 0 Å². The molecule has 1 aliphatic carbocycles. The number of rotatable bonds is 5. The van der Waals surface area contributed by atoms with Crippen molar-refractivity contribution in [1.82, 2.24) is 0 Å². The predicted octanol–water partition coefficient (Wildman–Crippen LogP) is 4.97. The van der Waals surface area contributed by atoms with Crippen molar-refractivity contribution < 1.29 is 4.92 Å². The average molecular weight is 388 g/mol. The van der Waals surface area contributed by atoms with Crippen LogP contribution < -0.4 is 5.32 Å². The standard InChI is InChI=1S/C15H21IN2O2/c1-2-3-11-4-6-12(7-5-11)17-13-8-9-15(18(19)20)14(16)10-13/h8-12,17H,2-7H2,1H3. The molecule has 1 aromatic rings. The Balaban J connectivity index is 1.91. The van der Waals surface area contributed by atoms with Gasteiger partial charge in [0.25, 0.3) is 5.69 Å². The summed E-state index contributed by atoms with van der Waals surface area (Å²) in [6.45, 7) is 2.25. The Morgan fingerprint density at radius 1 is 1.35 bits per heavy atom. The van der Waals surface area contributed by atoms with Gasteiger partial charge in [-0.15, -0.1) is 0 Å². The van der Waals surface area contributed by atoms with Gasteiger partial charge in [-0.05, 0) is 66.3 Å². The first kappa shape index (κ1) is 15.5. The number of nitrogens with one attached hydrogen (secondary N) is 1. The number of nitro benzene ring substituents is 1. The number of hydrogen-bond acceptors (Lipinski definition) is 3. The first-order chi connectivity index (χ1) is 9.60. The second kappa shape index (κ2) is 7.24. The van der Waals surface area contributed by atoms with Crippen molar-refractivity contribution in [3.8, 4) is 0 Å². The second-order valence-corrected chi connectivity index (χ2v) is 6.74. The minimum absolute atomic E-state index is 0.183. The normalized spacial score (nSPS) is 22.5. The van der Waals surface area contributed by atoms with Gasteiger partial charge in [-0.25, -0.2) is 0 Å². The molecule has 5 heteroatoms. The molecule has 0 unspecified atom stereocenters. The molecule has 0 aromatic heterocycles. The number of anilines is 1. The van der Waals surface area contributed by atoms with Gasteiger partial charge in [0.15, 0.2) is 0 Å². The highest BCUT2D eigenvalue weighted by Crippen LogP contribution is 2.30. The minimum Gasteiger partial charge on any atom is -0.382 e. The summed E-state index contributed by atoms with van der Waals surface area (Å²) in [6, 6.07) is 5.79. The molecule has 0 amide bonds. The lowest BCUT2D eigenvalue weighted by molar-refractivity contribution is -0.385. The van der Waals surface area contributed by atoms with Crippen molar-refractivity contribution in [3.63, 3.8) is 0 Å².